The lowest BCUT2D eigenvalue weighted by molar-refractivity contribution is 0.626. The molecule has 0 amide bonds. The quantitative estimate of drug-likeness (QED) is 0.770. The van der Waals surface area contributed by atoms with E-state index in [4.69, 9.17) is 28.5 Å². The molecule has 0 aliphatic carbocycles. The van der Waals surface area contributed by atoms with Crippen LogP contribution in [0.3, 0.4) is 0 Å². The van der Waals surface area contributed by atoms with Crippen LogP contribution < -0.4 is 0 Å². The number of benzene rings is 2. The highest BCUT2D eigenvalue weighted by Gasteiger charge is 2.10. The van der Waals surface area contributed by atoms with E-state index in [2.05, 4.69) is 0 Å². The lowest BCUT2D eigenvalue weighted by atomic mass is 9.98. The molecule has 18 heavy (non-hydrogen) atoms. The van der Waals surface area contributed by atoms with E-state index in [9.17, 15) is 4.39 Å². The third kappa shape index (κ3) is 2.64. The van der Waals surface area contributed by atoms with E-state index >= 15 is 0 Å². The molecular weight excluding hydrogens is 272 g/mol. The number of halogens is 3. The Hall–Kier alpha value is -1.56. The lowest BCUT2D eigenvalue weighted by Gasteiger charge is -2.09. The van der Waals surface area contributed by atoms with Gasteiger partial charge in [-0.1, -0.05) is 35.3 Å². The second-order valence-electron chi connectivity index (χ2n) is 3.76. The Morgan fingerprint density at radius 2 is 1.78 bits per heavy atom. The summed E-state index contributed by atoms with van der Waals surface area (Å²) < 4.78 is 13.2. The molecule has 0 saturated heterocycles. The second kappa shape index (κ2) is 5.39. The Morgan fingerprint density at radius 3 is 2.44 bits per heavy atom. The van der Waals surface area contributed by atoms with Crippen LogP contribution in [0.2, 0.25) is 10.0 Å². The Balaban J connectivity index is 2.60. The van der Waals surface area contributed by atoms with Gasteiger partial charge in [-0.2, -0.15) is 5.26 Å². The van der Waals surface area contributed by atoms with Crippen molar-refractivity contribution in [1.29, 1.82) is 5.26 Å². The minimum atomic E-state index is -0.367. The van der Waals surface area contributed by atoms with Gasteiger partial charge in [-0.3, -0.25) is 0 Å². The summed E-state index contributed by atoms with van der Waals surface area (Å²) in [5.41, 5.74) is 2.10. The summed E-state index contributed by atoms with van der Waals surface area (Å²) in [6.07, 6.45) is 0.131. The fourth-order valence-corrected chi connectivity index (χ4v) is 2.27. The highest BCUT2D eigenvalue weighted by molar-refractivity contribution is 6.36. The Labute approximate surface area is 114 Å². The van der Waals surface area contributed by atoms with Crippen molar-refractivity contribution in [3.8, 4) is 17.2 Å². The van der Waals surface area contributed by atoms with E-state index in [1.165, 1.54) is 12.1 Å². The van der Waals surface area contributed by atoms with Gasteiger partial charge in [0.1, 0.15) is 5.82 Å². The Bertz CT molecular complexity index is 632. The van der Waals surface area contributed by atoms with Crippen molar-refractivity contribution in [2.75, 3.05) is 0 Å². The van der Waals surface area contributed by atoms with Crippen LogP contribution in [0.1, 0.15) is 5.56 Å². The smallest absolute Gasteiger partial charge is 0.123 e. The van der Waals surface area contributed by atoms with Crippen LogP contribution in [0.25, 0.3) is 11.1 Å². The first-order valence-corrected chi connectivity index (χ1v) is 5.98. The fourth-order valence-electron chi connectivity index (χ4n) is 1.76. The highest BCUT2D eigenvalue weighted by Crippen LogP contribution is 2.33. The molecule has 0 spiro atoms. The summed E-state index contributed by atoms with van der Waals surface area (Å²) >= 11 is 11.9. The molecule has 0 radical (unpaired) electrons. The summed E-state index contributed by atoms with van der Waals surface area (Å²) in [6, 6.07) is 11.4. The minimum Gasteiger partial charge on any atom is -0.207 e. The zero-order valence-corrected chi connectivity index (χ0v) is 10.8. The maximum atomic E-state index is 13.2. The van der Waals surface area contributed by atoms with Crippen LogP contribution in [0.15, 0.2) is 36.4 Å². The Kier molecular flexibility index (Phi) is 3.86. The van der Waals surface area contributed by atoms with E-state index in [0.717, 1.165) is 11.1 Å². The van der Waals surface area contributed by atoms with Gasteiger partial charge in [-0.05, 0) is 35.4 Å². The number of rotatable bonds is 2. The minimum absolute atomic E-state index is 0.131. The molecule has 0 aliphatic heterocycles. The van der Waals surface area contributed by atoms with Crippen LogP contribution >= 0.6 is 23.2 Å². The molecule has 2 aromatic rings. The predicted molar refractivity (Wildman–Crippen MR) is 71.2 cm³/mol. The van der Waals surface area contributed by atoms with Crippen molar-refractivity contribution < 1.29 is 4.39 Å². The van der Waals surface area contributed by atoms with E-state index in [1.54, 1.807) is 24.3 Å². The molecule has 0 atom stereocenters. The molecule has 0 N–H and O–H groups in total. The number of hydrogen-bond donors (Lipinski definition) is 0. The van der Waals surface area contributed by atoms with Gasteiger partial charge in [0.2, 0.25) is 0 Å². The van der Waals surface area contributed by atoms with E-state index in [-0.39, 0.29) is 12.2 Å². The molecule has 0 fully saturated rings. The molecule has 90 valence electrons. The normalized spacial score (nSPS) is 10.1. The first kappa shape index (κ1) is 12.9. The van der Waals surface area contributed by atoms with Gasteiger partial charge in [-0.15, -0.1) is 0 Å². The Morgan fingerprint density at radius 1 is 1.06 bits per heavy atom. The summed E-state index contributed by atoms with van der Waals surface area (Å²) in [7, 11) is 0. The molecule has 0 unspecified atom stereocenters. The topological polar surface area (TPSA) is 23.8 Å². The van der Waals surface area contributed by atoms with Crippen LogP contribution in [0, 0.1) is 17.1 Å². The molecule has 0 bridgehead atoms. The first-order valence-electron chi connectivity index (χ1n) is 5.22. The molecule has 0 heterocycles. The average Bonchev–Trinajstić information content (AvgIpc) is 2.31. The standard InChI is InChI=1S/C14H8Cl2FN/c15-10-1-3-13(14(16)8-10)12-4-2-11(17)7-9(12)5-6-18/h1-4,7-8H,5H2. The number of nitriles is 1. The van der Waals surface area contributed by atoms with Crippen LogP contribution in [0.4, 0.5) is 4.39 Å². The van der Waals surface area contributed by atoms with Crippen molar-refractivity contribution >= 4 is 23.2 Å². The third-order valence-electron chi connectivity index (χ3n) is 2.56. The number of hydrogen-bond acceptors (Lipinski definition) is 1. The van der Waals surface area contributed by atoms with Crippen LogP contribution in [-0.2, 0) is 6.42 Å². The van der Waals surface area contributed by atoms with Crippen molar-refractivity contribution in [1.82, 2.24) is 0 Å². The van der Waals surface area contributed by atoms with Gasteiger partial charge in [0.05, 0.1) is 12.5 Å². The lowest BCUT2D eigenvalue weighted by Crippen LogP contribution is -1.91. The molecule has 1 nitrogen and oxygen atoms in total. The average molecular weight is 280 g/mol. The molecule has 2 rings (SSSR count). The monoisotopic (exact) mass is 279 g/mol. The predicted octanol–water partition coefficient (Wildman–Crippen LogP) is 4.87. The summed E-state index contributed by atoms with van der Waals surface area (Å²) in [5, 5.41) is 9.78. The maximum absolute atomic E-state index is 13.2. The van der Waals surface area contributed by atoms with E-state index < -0.39 is 0 Å². The number of nitrogens with zero attached hydrogens (tertiary/aromatic N) is 1. The van der Waals surface area contributed by atoms with Gasteiger partial charge in [0.15, 0.2) is 0 Å². The second-order valence-corrected chi connectivity index (χ2v) is 4.60. The first-order chi connectivity index (χ1) is 8.61. The summed E-state index contributed by atoms with van der Waals surface area (Å²) in [4.78, 5) is 0. The van der Waals surface area contributed by atoms with Gasteiger partial charge in [-0.25, -0.2) is 4.39 Å². The van der Waals surface area contributed by atoms with Gasteiger partial charge in [0.25, 0.3) is 0 Å². The molecular formula is C14H8Cl2FN. The highest BCUT2D eigenvalue weighted by atomic mass is 35.5. The maximum Gasteiger partial charge on any atom is 0.123 e. The summed E-state index contributed by atoms with van der Waals surface area (Å²) in [6.45, 7) is 0. The largest absolute Gasteiger partial charge is 0.207 e. The molecule has 0 aromatic heterocycles. The van der Waals surface area contributed by atoms with Crippen LogP contribution in [0.5, 0.6) is 0 Å². The zero-order valence-electron chi connectivity index (χ0n) is 9.25. The van der Waals surface area contributed by atoms with Gasteiger partial charge < -0.3 is 0 Å². The van der Waals surface area contributed by atoms with Crippen molar-refractivity contribution in [2.24, 2.45) is 0 Å². The van der Waals surface area contributed by atoms with Crippen molar-refractivity contribution in [2.45, 2.75) is 6.42 Å². The molecule has 4 heteroatoms. The molecule has 0 saturated carbocycles. The fraction of sp³-hybridized carbons (Fsp3) is 0.0714. The van der Waals surface area contributed by atoms with Crippen molar-refractivity contribution in [3.63, 3.8) is 0 Å². The van der Waals surface area contributed by atoms with E-state index in [0.29, 0.717) is 15.6 Å². The van der Waals surface area contributed by atoms with Crippen molar-refractivity contribution in [3.05, 3.63) is 57.8 Å². The molecule has 2 aromatic carbocycles. The third-order valence-corrected chi connectivity index (χ3v) is 3.11. The summed E-state index contributed by atoms with van der Waals surface area (Å²) in [5.74, 6) is -0.367. The van der Waals surface area contributed by atoms with Gasteiger partial charge >= 0.3 is 0 Å². The van der Waals surface area contributed by atoms with Gasteiger partial charge in [0, 0.05) is 15.6 Å². The SMILES string of the molecule is N#CCc1cc(F)ccc1-c1ccc(Cl)cc1Cl. The zero-order chi connectivity index (χ0) is 13.1. The van der Waals surface area contributed by atoms with E-state index in [1.807, 2.05) is 6.07 Å². The molecule has 0 aliphatic rings. The van der Waals surface area contributed by atoms with Crippen LogP contribution in [-0.4, -0.2) is 0 Å².